The third-order valence-electron chi connectivity index (χ3n) is 1.85. The van der Waals surface area contributed by atoms with Crippen molar-refractivity contribution in [1.29, 1.82) is 0 Å². The maximum atomic E-state index is 11.8. The molecule has 1 aromatic rings. The van der Waals surface area contributed by atoms with Crippen molar-refractivity contribution in [2.75, 3.05) is 13.7 Å². The van der Waals surface area contributed by atoms with Crippen molar-refractivity contribution < 1.29 is 22.6 Å². The second kappa shape index (κ2) is 5.14. The van der Waals surface area contributed by atoms with E-state index in [0.29, 0.717) is 5.56 Å². The lowest BCUT2D eigenvalue weighted by Crippen LogP contribution is -2.19. The van der Waals surface area contributed by atoms with E-state index < -0.39 is 19.1 Å². The summed E-state index contributed by atoms with van der Waals surface area (Å²) in [5, 5.41) is 0. The van der Waals surface area contributed by atoms with Crippen LogP contribution >= 0.6 is 0 Å². The number of benzene rings is 1. The molecule has 1 unspecified atom stereocenters. The maximum Gasteiger partial charge on any atom is 0.522 e. The van der Waals surface area contributed by atoms with E-state index in [1.54, 1.807) is 30.3 Å². The van der Waals surface area contributed by atoms with Crippen molar-refractivity contribution >= 4 is 0 Å². The van der Waals surface area contributed by atoms with Gasteiger partial charge in [-0.05, 0) is 5.56 Å². The highest BCUT2D eigenvalue weighted by molar-refractivity contribution is 5.17. The van der Waals surface area contributed by atoms with Crippen molar-refractivity contribution in [2.45, 2.75) is 12.5 Å². The number of hydrogen-bond acceptors (Lipinski definition) is 2. The van der Waals surface area contributed by atoms with Gasteiger partial charge in [0.05, 0.1) is 6.61 Å². The summed E-state index contributed by atoms with van der Waals surface area (Å²) in [6, 6.07) is 8.62. The van der Waals surface area contributed by atoms with E-state index in [-0.39, 0.29) is 0 Å². The molecule has 15 heavy (non-hydrogen) atoms. The molecule has 84 valence electrons. The number of rotatable bonds is 4. The van der Waals surface area contributed by atoms with Gasteiger partial charge in [0.2, 0.25) is 0 Å². The molecule has 0 fully saturated rings. The minimum absolute atomic E-state index is 0.538. The van der Waals surface area contributed by atoms with Gasteiger partial charge in [0.1, 0.15) is 6.10 Å². The molecule has 0 radical (unpaired) electrons. The Kier molecular flexibility index (Phi) is 4.11. The van der Waals surface area contributed by atoms with Crippen molar-refractivity contribution in [3.63, 3.8) is 0 Å². The minimum Gasteiger partial charge on any atom is -0.374 e. The topological polar surface area (TPSA) is 18.5 Å². The van der Waals surface area contributed by atoms with E-state index in [4.69, 9.17) is 4.74 Å². The standard InChI is InChI=1S/C10H11F3O2/c1-14-9(7-15-10(11,12)13)8-5-3-2-4-6-8/h2-6,9H,7H2,1H3. The number of hydrogen-bond donors (Lipinski definition) is 0. The molecule has 5 heteroatoms. The summed E-state index contributed by atoms with van der Waals surface area (Å²) in [5.74, 6) is 0. The van der Waals surface area contributed by atoms with E-state index in [1.165, 1.54) is 7.11 Å². The van der Waals surface area contributed by atoms with Gasteiger partial charge >= 0.3 is 6.36 Å². The van der Waals surface area contributed by atoms with Gasteiger partial charge in [-0.15, -0.1) is 13.2 Å². The molecule has 1 atom stereocenters. The normalized spacial score (nSPS) is 13.9. The molecule has 0 N–H and O–H groups in total. The zero-order valence-corrected chi connectivity index (χ0v) is 8.12. The Morgan fingerprint density at radius 2 is 1.80 bits per heavy atom. The summed E-state index contributed by atoms with van der Waals surface area (Å²) in [4.78, 5) is 0. The third kappa shape index (κ3) is 4.31. The quantitative estimate of drug-likeness (QED) is 0.776. The fourth-order valence-electron chi connectivity index (χ4n) is 1.14. The largest absolute Gasteiger partial charge is 0.522 e. The number of alkyl halides is 3. The Bertz CT molecular complexity index is 284. The van der Waals surface area contributed by atoms with Gasteiger partial charge in [-0.1, -0.05) is 30.3 Å². The van der Waals surface area contributed by atoms with Gasteiger partial charge in [0.25, 0.3) is 0 Å². The molecular formula is C10H11F3O2. The molecular weight excluding hydrogens is 209 g/mol. The van der Waals surface area contributed by atoms with Crippen LogP contribution < -0.4 is 0 Å². The fraction of sp³-hybridized carbons (Fsp3) is 0.400. The highest BCUT2D eigenvalue weighted by Crippen LogP contribution is 2.22. The van der Waals surface area contributed by atoms with Gasteiger partial charge in [-0.2, -0.15) is 0 Å². The average Bonchev–Trinajstić information content (AvgIpc) is 2.19. The predicted molar refractivity (Wildman–Crippen MR) is 48.2 cm³/mol. The Labute approximate surface area is 85.6 Å². The lowest BCUT2D eigenvalue weighted by atomic mass is 10.1. The van der Waals surface area contributed by atoms with Gasteiger partial charge < -0.3 is 4.74 Å². The van der Waals surface area contributed by atoms with Crippen LogP contribution in [-0.4, -0.2) is 20.1 Å². The monoisotopic (exact) mass is 220 g/mol. The minimum atomic E-state index is -4.62. The van der Waals surface area contributed by atoms with E-state index in [2.05, 4.69) is 4.74 Å². The number of halogens is 3. The Balaban J connectivity index is 2.58. The molecule has 0 aliphatic carbocycles. The Morgan fingerprint density at radius 1 is 1.20 bits per heavy atom. The van der Waals surface area contributed by atoms with Gasteiger partial charge in [-0.3, -0.25) is 4.74 Å². The zero-order chi connectivity index (χ0) is 11.3. The summed E-state index contributed by atoms with van der Waals surface area (Å²) >= 11 is 0. The van der Waals surface area contributed by atoms with E-state index in [9.17, 15) is 13.2 Å². The van der Waals surface area contributed by atoms with E-state index in [0.717, 1.165) is 0 Å². The van der Waals surface area contributed by atoms with Gasteiger partial charge in [0.15, 0.2) is 0 Å². The van der Waals surface area contributed by atoms with Crippen LogP contribution in [0.3, 0.4) is 0 Å². The van der Waals surface area contributed by atoms with Crippen LogP contribution in [0, 0.1) is 0 Å². The smallest absolute Gasteiger partial charge is 0.374 e. The molecule has 0 spiro atoms. The highest BCUT2D eigenvalue weighted by Gasteiger charge is 2.30. The molecule has 0 bridgehead atoms. The fourth-order valence-corrected chi connectivity index (χ4v) is 1.14. The summed E-state index contributed by atoms with van der Waals surface area (Å²) in [7, 11) is 1.34. The molecule has 0 heterocycles. The van der Waals surface area contributed by atoms with Crippen LogP contribution in [0.15, 0.2) is 30.3 Å². The van der Waals surface area contributed by atoms with Crippen LogP contribution in [0.1, 0.15) is 11.7 Å². The molecule has 0 saturated heterocycles. The first-order chi connectivity index (χ1) is 7.03. The number of methoxy groups -OCH3 is 1. The van der Waals surface area contributed by atoms with E-state index in [1.807, 2.05) is 0 Å². The molecule has 1 rings (SSSR count). The first-order valence-corrected chi connectivity index (χ1v) is 4.31. The van der Waals surface area contributed by atoms with Crippen LogP contribution in [-0.2, 0) is 9.47 Å². The third-order valence-corrected chi connectivity index (χ3v) is 1.85. The predicted octanol–water partition coefficient (Wildman–Crippen LogP) is 2.91. The van der Waals surface area contributed by atoms with Crippen molar-refractivity contribution in [3.05, 3.63) is 35.9 Å². The molecule has 0 aliphatic heterocycles. The van der Waals surface area contributed by atoms with Gasteiger partial charge in [0, 0.05) is 7.11 Å². The molecule has 2 nitrogen and oxygen atoms in total. The summed E-state index contributed by atoms with van der Waals surface area (Å²) in [5.41, 5.74) is 0.657. The summed E-state index contributed by atoms with van der Waals surface area (Å²) in [6.45, 7) is -0.538. The molecule has 0 saturated carbocycles. The average molecular weight is 220 g/mol. The zero-order valence-electron chi connectivity index (χ0n) is 8.12. The molecule has 0 aliphatic rings. The SMILES string of the molecule is COC(COC(F)(F)F)c1ccccc1. The van der Waals surface area contributed by atoms with Crippen LogP contribution in [0.5, 0.6) is 0 Å². The number of ether oxygens (including phenoxy) is 2. The van der Waals surface area contributed by atoms with Crippen LogP contribution in [0.4, 0.5) is 13.2 Å². The van der Waals surface area contributed by atoms with Crippen molar-refractivity contribution in [3.8, 4) is 0 Å². The second-order valence-electron chi connectivity index (χ2n) is 2.89. The Hall–Kier alpha value is -1.07. The molecule has 1 aromatic carbocycles. The lowest BCUT2D eigenvalue weighted by Gasteiger charge is -2.16. The summed E-state index contributed by atoms with van der Waals surface area (Å²) in [6.07, 6.45) is -5.32. The van der Waals surface area contributed by atoms with Crippen molar-refractivity contribution in [2.24, 2.45) is 0 Å². The second-order valence-corrected chi connectivity index (χ2v) is 2.89. The van der Waals surface area contributed by atoms with Gasteiger partial charge in [-0.25, -0.2) is 0 Å². The molecule has 0 aromatic heterocycles. The van der Waals surface area contributed by atoms with Crippen LogP contribution in [0.2, 0.25) is 0 Å². The summed E-state index contributed by atoms with van der Waals surface area (Å²) < 4.78 is 44.0. The Morgan fingerprint density at radius 3 is 2.27 bits per heavy atom. The lowest BCUT2D eigenvalue weighted by molar-refractivity contribution is -0.331. The first kappa shape index (κ1) is 12.0. The van der Waals surface area contributed by atoms with Crippen LogP contribution in [0.25, 0.3) is 0 Å². The molecule has 0 amide bonds. The van der Waals surface area contributed by atoms with Crippen molar-refractivity contribution in [1.82, 2.24) is 0 Å². The maximum absolute atomic E-state index is 11.8. The highest BCUT2D eigenvalue weighted by atomic mass is 19.4. The first-order valence-electron chi connectivity index (χ1n) is 4.31. The van der Waals surface area contributed by atoms with E-state index >= 15 is 0 Å².